The van der Waals surface area contributed by atoms with Crippen LogP contribution in [0.25, 0.3) is 11.1 Å². The molecule has 2 aromatic heterocycles. The van der Waals surface area contributed by atoms with Gasteiger partial charge < -0.3 is 10.1 Å². The van der Waals surface area contributed by atoms with E-state index in [1.165, 1.54) is 7.11 Å². The summed E-state index contributed by atoms with van der Waals surface area (Å²) in [6.07, 6.45) is 3.25. The first kappa shape index (κ1) is 26.4. The van der Waals surface area contributed by atoms with Gasteiger partial charge in [-0.3, -0.25) is 24.1 Å². The molecule has 1 unspecified atom stereocenters. The van der Waals surface area contributed by atoms with Gasteiger partial charge in [-0.15, -0.1) is 0 Å². The Morgan fingerprint density at radius 2 is 1.71 bits per heavy atom. The Balaban J connectivity index is 1.64. The number of methoxy groups -OCH3 is 1. The number of benzene rings is 2. The number of nitro benzene ring substituents is 1. The fraction of sp³-hybridized carbons (Fsp3) is 0.115. The maximum Gasteiger partial charge on any atom is 0.297 e. The third-order valence-corrected chi connectivity index (χ3v) is 6.79. The minimum absolute atomic E-state index is 0.0708. The minimum Gasteiger partial charge on any atom is -0.480 e. The number of amides is 1. The van der Waals surface area contributed by atoms with Crippen LogP contribution in [0.1, 0.15) is 5.56 Å². The van der Waals surface area contributed by atoms with Gasteiger partial charge in [-0.25, -0.2) is 4.98 Å². The van der Waals surface area contributed by atoms with Crippen LogP contribution in [-0.4, -0.2) is 42.4 Å². The maximum atomic E-state index is 13.4. The number of hydrogen-bond acceptors (Lipinski definition) is 9. The van der Waals surface area contributed by atoms with E-state index in [9.17, 15) is 23.3 Å². The number of hydrogen-bond donors (Lipinski definition) is 1. The molecule has 38 heavy (non-hydrogen) atoms. The van der Waals surface area contributed by atoms with Gasteiger partial charge in [-0.1, -0.05) is 30.3 Å². The third kappa shape index (κ3) is 6.35. The second kappa shape index (κ2) is 11.6. The molecule has 4 rings (SSSR count). The molecule has 0 bridgehead atoms. The second-order valence-electron chi connectivity index (χ2n) is 7.99. The van der Waals surface area contributed by atoms with Gasteiger partial charge in [0.25, 0.3) is 21.7 Å². The molecular weight excluding hydrogens is 512 g/mol. The van der Waals surface area contributed by atoms with Gasteiger partial charge in [-0.05, 0) is 41.5 Å². The molecule has 12 heteroatoms. The van der Waals surface area contributed by atoms with Gasteiger partial charge in [0.1, 0.15) is 5.69 Å². The molecule has 11 nitrogen and oxygen atoms in total. The lowest BCUT2D eigenvalue weighted by molar-refractivity contribution is -0.384. The molecule has 0 spiro atoms. The van der Waals surface area contributed by atoms with E-state index in [1.807, 2.05) is 0 Å². The summed E-state index contributed by atoms with van der Waals surface area (Å²) in [5.41, 5.74) is 2.05. The van der Waals surface area contributed by atoms with E-state index in [1.54, 1.807) is 67.1 Å². The predicted molar refractivity (Wildman–Crippen MR) is 138 cm³/mol. The average molecular weight is 535 g/mol. The summed E-state index contributed by atoms with van der Waals surface area (Å²) in [6.45, 7) is 0. The normalized spacial score (nSPS) is 11.9. The SMILES string of the molecule is COc1ncc(-c2ccncc2)cc1NC(=O)C(Cc1ccccc1)OS(=O)(=O)c1ccc([N+](=O)[O-])cc1. The van der Waals surface area contributed by atoms with Crippen LogP contribution in [0.2, 0.25) is 0 Å². The van der Waals surface area contributed by atoms with Crippen LogP contribution in [0.4, 0.5) is 11.4 Å². The molecule has 2 heterocycles. The van der Waals surface area contributed by atoms with E-state index >= 15 is 0 Å². The number of aromatic nitrogens is 2. The van der Waals surface area contributed by atoms with Crippen LogP contribution >= 0.6 is 0 Å². The summed E-state index contributed by atoms with van der Waals surface area (Å²) in [6, 6.07) is 18.1. The van der Waals surface area contributed by atoms with E-state index in [4.69, 9.17) is 8.92 Å². The van der Waals surface area contributed by atoms with Gasteiger partial charge in [0.15, 0.2) is 6.10 Å². The number of anilines is 1. The number of carbonyl (C=O) groups is 1. The Bertz CT molecular complexity index is 1530. The van der Waals surface area contributed by atoms with Crippen molar-refractivity contribution in [2.45, 2.75) is 17.4 Å². The Morgan fingerprint density at radius 3 is 2.34 bits per heavy atom. The highest BCUT2D eigenvalue weighted by atomic mass is 32.2. The Labute approximate surface area is 218 Å². The van der Waals surface area contributed by atoms with Crippen LogP contribution in [0.15, 0.2) is 96.3 Å². The Morgan fingerprint density at radius 1 is 1.03 bits per heavy atom. The number of non-ortho nitro benzene ring substituents is 1. The minimum atomic E-state index is -4.46. The van der Waals surface area contributed by atoms with E-state index in [-0.39, 0.29) is 28.6 Å². The fourth-order valence-corrected chi connectivity index (χ4v) is 4.60. The average Bonchev–Trinajstić information content (AvgIpc) is 2.93. The van der Waals surface area contributed by atoms with Gasteiger partial charge in [0.05, 0.1) is 16.9 Å². The van der Waals surface area contributed by atoms with Crippen molar-refractivity contribution in [1.82, 2.24) is 9.97 Å². The van der Waals surface area contributed by atoms with Crippen molar-refractivity contribution in [3.63, 3.8) is 0 Å². The van der Waals surface area contributed by atoms with Crippen LogP contribution in [0.5, 0.6) is 5.88 Å². The van der Waals surface area contributed by atoms with Crippen molar-refractivity contribution >= 4 is 27.4 Å². The summed E-state index contributed by atoms with van der Waals surface area (Å²) in [5, 5.41) is 13.6. The van der Waals surface area contributed by atoms with Crippen molar-refractivity contribution in [3.8, 4) is 17.0 Å². The van der Waals surface area contributed by atoms with Crippen LogP contribution in [0.3, 0.4) is 0 Å². The highest BCUT2D eigenvalue weighted by Gasteiger charge is 2.29. The zero-order chi connectivity index (χ0) is 27.1. The van der Waals surface area contributed by atoms with Gasteiger partial charge in [0, 0.05) is 42.7 Å². The van der Waals surface area contributed by atoms with Crippen molar-refractivity contribution < 1.29 is 27.1 Å². The number of nitro groups is 1. The van der Waals surface area contributed by atoms with Crippen molar-refractivity contribution in [1.29, 1.82) is 0 Å². The molecule has 2 aromatic carbocycles. The topological polar surface area (TPSA) is 151 Å². The summed E-state index contributed by atoms with van der Waals surface area (Å²) >= 11 is 0. The van der Waals surface area contributed by atoms with E-state index in [0.717, 1.165) is 29.8 Å². The van der Waals surface area contributed by atoms with Crippen LogP contribution in [0, 0.1) is 10.1 Å². The standard InChI is InChI=1S/C26H22N4O7S/c1-36-26-23(16-20(17-28-26)19-11-13-27-14-12-19)29-25(31)24(15-18-5-3-2-4-6-18)37-38(34,35)22-9-7-21(8-10-22)30(32)33/h2-14,16-17,24H,15H2,1H3,(H,29,31). The lowest BCUT2D eigenvalue weighted by Crippen LogP contribution is -2.34. The number of rotatable bonds is 10. The quantitative estimate of drug-likeness (QED) is 0.181. The zero-order valence-corrected chi connectivity index (χ0v) is 20.9. The highest BCUT2D eigenvalue weighted by Crippen LogP contribution is 2.29. The van der Waals surface area contributed by atoms with E-state index in [0.29, 0.717) is 11.1 Å². The van der Waals surface area contributed by atoms with Gasteiger partial charge in [0.2, 0.25) is 5.88 Å². The number of pyridine rings is 2. The Hall–Kier alpha value is -4.68. The third-order valence-electron chi connectivity index (χ3n) is 5.45. The summed E-state index contributed by atoms with van der Waals surface area (Å²) in [7, 11) is -3.07. The molecule has 4 aromatic rings. The first-order chi connectivity index (χ1) is 18.3. The predicted octanol–water partition coefficient (Wildman–Crippen LogP) is 4.02. The molecule has 1 atom stereocenters. The van der Waals surface area contributed by atoms with Crippen LogP contribution in [-0.2, 0) is 25.5 Å². The van der Waals surface area contributed by atoms with Crippen molar-refractivity contribution in [3.05, 3.63) is 107 Å². The Kier molecular flexibility index (Phi) is 8.04. The lowest BCUT2D eigenvalue weighted by atomic mass is 10.1. The van der Waals surface area contributed by atoms with E-state index < -0.39 is 27.1 Å². The molecule has 194 valence electrons. The molecule has 0 aliphatic heterocycles. The fourth-order valence-electron chi connectivity index (χ4n) is 3.56. The van der Waals surface area contributed by atoms with Gasteiger partial charge >= 0.3 is 0 Å². The molecule has 1 amide bonds. The zero-order valence-electron chi connectivity index (χ0n) is 20.1. The lowest BCUT2D eigenvalue weighted by Gasteiger charge is -2.19. The molecule has 1 N–H and O–H groups in total. The summed E-state index contributed by atoms with van der Waals surface area (Å²) < 4.78 is 36.7. The maximum absolute atomic E-state index is 13.4. The number of nitrogens with one attached hydrogen (secondary N) is 1. The number of ether oxygens (including phenoxy) is 1. The molecule has 0 aliphatic rings. The summed E-state index contributed by atoms with van der Waals surface area (Å²) in [5.74, 6) is -0.640. The molecule has 0 saturated carbocycles. The second-order valence-corrected chi connectivity index (χ2v) is 9.56. The summed E-state index contributed by atoms with van der Waals surface area (Å²) in [4.78, 5) is 31.6. The largest absolute Gasteiger partial charge is 0.480 e. The molecule has 0 radical (unpaired) electrons. The van der Waals surface area contributed by atoms with Crippen molar-refractivity contribution in [2.24, 2.45) is 0 Å². The molecule has 0 saturated heterocycles. The monoisotopic (exact) mass is 534 g/mol. The number of nitrogens with zero attached hydrogens (tertiary/aromatic N) is 3. The smallest absolute Gasteiger partial charge is 0.297 e. The first-order valence-electron chi connectivity index (χ1n) is 11.2. The molecule has 0 fully saturated rings. The van der Waals surface area contributed by atoms with Crippen molar-refractivity contribution in [2.75, 3.05) is 12.4 Å². The highest BCUT2D eigenvalue weighted by molar-refractivity contribution is 7.86. The molecular formula is C26H22N4O7S. The van der Waals surface area contributed by atoms with Gasteiger partial charge in [-0.2, -0.15) is 8.42 Å². The van der Waals surface area contributed by atoms with E-state index in [2.05, 4.69) is 15.3 Å². The number of carbonyl (C=O) groups excluding carboxylic acids is 1. The first-order valence-corrected chi connectivity index (χ1v) is 12.6. The van der Waals surface area contributed by atoms with Crippen LogP contribution < -0.4 is 10.1 Å². The molecule has 0 aliphatic carbocycles.